The minimum atomic E-state index is -0.835. The number of benzene rings is 1. The minimum Gasteiger partial charge on any atom is -0.437 e. The van der Waals surface area contributed by atoms with Gasteiger partial charge in [0.15, 0.2) is 5.75 Å². The molecule has 1 aromatic heterocycles. The molecule has 1 amide bonds. The summed E-state index contributed by atoms with van der Waals surface area (Å²) in [5.41, 5.74) is 1.24. The van der Waals surface area contributed by atoms with E-state index in [4.69, 9.17) is 4.74 Å². The van der Waals surface area contributed by atoms with E-state index in [9.17, 15) is 9.59 Å². The van der Waals surface area contributed by atoms with Crippen molar-refractivity contribution in [1.82, 2.24) is 10.3 Å². The molecule has 0 saturated carbocycles. The number of pyridine rings is 1. The number of aromatic nitrogens is 1. The van der Waals surface area contributed by atoms with Crippen LogP contribution in [0.3, 0.4) is 0 Å². The molecule has 1 heterocycles. The Morgan fingerprint density at radius 1 is 1.14 bits per heavy atom. The highest BCUT2D eigenvalue weighted by Crippen LogP contribution is 2.10. The van der Waals surface area contributed by atoms with E-state index in [1.807, 2.05) is 30.3 Å². The topological polar surface area (TPSA) is 77.5 Å². The number of amides is 1. The molecule has 2 aromatic rings. The maximum absolute atomic E-state index is 11.9. The Balaban J connectivity index is 1.92. The van der Waals surface area contributed by atoms with Gasteiger partial charge in [-0.3, -0.25) is 4.79 Å². The number of hydrogen-bond donors (Lipinski definition) is 1. The van der Waals surface area contributed by atoms with Crippen LogP contribution in [0, 0.1) is 0 Å². The summed E-state index contributed by atoms with van der Waals surface area (Å²) >= 11 is 0. The minimum absolute atomic E-state index is 0.210. The van der Waals surface area contributed by atoms with Crippen LogP contribution in [0.5, 0.6) is 5.75 Å². The largest absolute Gasteiger partial charge is 0.513 e. The Bertz CT molecular complexity index is 611. The van der Waals surface area contributed by atoms with Crippen molar-refractivity contribution in [1.29, 1.82) is 0 Å². The molecule has 108 valence electrons. The molecule has 0 saturated heterocycles. The third kappa shape index (κ3) is 4.31. The molecular formula is C15H14N2O4. The van der Waals surface area contributed by atoms with Crippen molar-refractivity contribution in [3.05, 3.63) is 59.9 Å². The summed E-state index contributed by atoms with van der Waals surface area (Å²) in [5.74, 6) is -0.0927. The zero-order valence-corrected chi connectivity index (χ0v) is 11.4. The number of hydrogen-bond acceptors (Lipinski definition) is 5. The molecule has 6 heteroatoms. The normalized spacial score (nSPS) is 9.76. The average Bonchev–Trinajstić information content (AvgIpc) is 2.54. The predicted octanol–water partition coefficient (Wildman–Crippen LogP) is 2.16. The first-order valence-electron chi connectivity index (χ1n) is 6.23. The van der Waals surface area contributed by atoms with Crippen molar-refractivity contribution < 1.29 is 19.1 Å². The third-order valence-corrected chi connectivity index (χ3v) is 2.63. The van der Waals surface area contributed by atoms with E-state index in [1.165, 1.54) is 25.4 Å². The molecule has 0 atom stereocenters. The molecule has 6 nitrogen and oxygen atoms in total. The Kier molecular flexibility index (Phi) is 4.87. The quantitative estimate of drug-likeness (QED) is 0.871. The van der Waals surface area contributed by atoms with Gasteiger partial charge in [-0.25, -0.2) is 9.78 Å². The lowest BCUT2D eigenvalue weighted by Crippen LogP contribution is -2.23. The monoisotopic (exact) mass is 286 g/mol. The number of nitrogens with one attached hydrogen (secondary N) is 1. The average molecular weight is 286 g/mol. The highest BCUT2D eigenvalue weighted by atomic mass is 16.7. The number of carbonyl (C=O) groups is 2. The SMILES string of the molecule is COC(=O)Oc1ccc(C(=O)NCc2ccccc2)nc1. The van der Waals surface area contributed by atoms with E-state index in [1.54, 1.807) is 0 Å². The van der Waals surface area contributed by atoms with Gasteiger partial charge < -0.3 is 14.8 Å². The molecule has 0 aliphatic carbocycles. The standard InChI is InChI=1S/C15H14N2O4/c1-20-15(19)21-12-7-8-13(16-10-12)14(18)17-9-11-5-3-2-4-6-11/h2-8,10H,9H2,1H3,(H,17,18). The van der Waals surface area contributed by atoms with E-state index in [2.05, 4.69) is 15.0 Å². The number of ether oxygens (including phenoxy) is 2. The first kappa shape index (κ1) is 14.5. The summed E-state index contributed by atoms with van der Waals surface area (Å²) in [6.07, 6.45) is 0.451. The molecule has 0 aliphatic rings. The second-order valence-corrected chi connectivity index (χ2v) is 4.10. The highest BCUT2D eigenvalue weighted by Gasteiger charge is 2.09. The summed E-state index contributed by atoms with van der Waals surface area (Å²) in [4.78, 5) is 26.7. The van der Waals surface area contributed by atoms with Gasteiger partial charge in [-0.05, 0) is 17.7 Å². The fraction of sp³-hybridized carbons (Fsp3) is 0.133. The molecule has 0 spiro atoms. The molecule has 2 rings (SSSR count). The van der Waals surface area contributed by atoms with Crippen LogP contribution in [-0.2, 0) is 11.3 Å². The Morgan fingerprint density at radius 3 is 2.52 bits per heavy atom. The summed E-state index contributed by atoms with van der Waals surface area (Å²) in [6, 6.07) is 12.5. The third-order valence-electron chi connectivity index (χ3n) is 2.63. The second-order valence-electron chi connectivity index (χ2n) is 4.10. The van der Waals surface area contributed by atoms with Crippen molar-refractivity contribution in [2.75, 3.05) is 7.11 Å². The number of rotatable bonds is 4. The van der Waals surface area contributed by atoms with Crippen molar-refractivity contribution >= 4 is 12.1 Å². The van der Waals surface area contributed by atoms with Crippen molar-refractivity contribution in [3.63, 3.8) is 0 Å². The number of carbonyl (C=O) groups excluding carboxylic acids is 2. The van der Waals surface area contributed by atoms with Gasteiger partial charge in [0.05, 0.1) is 13.3 Å². The van der Waals surface area contributed by atoms with Crippen LogP contribution in [0.4, 0.5) is 4.79 Å². The maximum atomic E-state index is 11.9. The fourth-order valence-electron chi connectivity index (χ4n) is 1.58. The maximum Gasteiger partial charge on any atom is 0.513 e. The first-order valence-corrected chi connectivity index (χ1v) is 6.23. The van der Waals surface area contributed by atoms with Crippen molar-refractivity contribution in [3.8, 4) is 5.75 Å². The molecule has 1 aromatic carbocycles. The molecule has 0 unspecified atom stereocenters. The Hall–Kier alpha value is -2.89. The summed E-state index contributed by atoms with van der Waals surface area (Å²) in [7, 11) is 1.21. The van der Waals surface area contributed by atoms with E-state index >= 15 is 0 Å². The highest BCUT2D eigenvalue weighted by molar-refractivity contribution is 5.92. The van der Waals surface area contributed by atoms with Crippen LogP contribution >= 0.6 is 0 Å². The lowest BCUT2D eigenvalue weighted by molar-refractivity contribution is 0.0946. The lowest BCUT2D eigenvalue weighted by atomic mass is 10.2. The van der Waals surface area contributed by atoms with Gasteiger partial charge in [-0.1, -0.05) is 30.3 Å². The van der Waals surface area contributed by atoms with E-state index in [-0.39, 0.29) is 17.4 Å². The second kappa shape index (κ2) is 7.04. The van der Waals surface area contributed by atoms with Crippen LogP contribution in [0.1, 0.15) is 16.1 Å². The van der Waals surface area contributed by atoms with Gasteiger partial charge in [0.2, 0.25) is 0 Å². The van der Waals surface area contributed by atoms with Crippen molar-refractivity contribution in [2.24, 2.45) is 0 Å². The number of nitrogens with zero attached hydrogens (tertiary/aromatic N) is 1. The summed E-state index contributed by atoms with van der Waals surface area (Å²) < 4.78 is 9.12. The Morgan fingerprint density at radius 2 is 1.90 bits per heavy atom. The lowest BCUT2D eigenvalue weighted by Gasteiger charge is -2.06. The number of methoxy groups -OCH3 is 1. The van der Waals surface area contributed by atoms with Gasteiger partial charge >= 0.3 is 6.16 Å². The van der Waals surface area contributed by atoms with Crippen LogP contribution in [-0.4, -0.2) is 24.2 Å². The van der Waals surface area contributed by atoms with Gasteiger partial charge in [-0.2, -0.15) is 0 Å². The van der Waals surface area contributed by atoms with E-state index in [0.29, 0.717) is 6.54 Å². The van der Waals surface area contributed by atoms with Gasteiger partial charge in [0.25, 0.3) is 5.91 Å². The van der Waals surface area contributed by atoms with Crippen molar-refractivity contribution in [2.45, 2.75) is 6.54 Å². The zero-order valence-electron chi connectivity index (χ0n) is 11.4. The zero-order chi connectivity index (χ0) is 15.1. The smallest absolute Gasteiger partial charge is 0.437 e. The predicted molar refractivity (Wildman–Crippen MR) is 74.9 cm³/mol. The molecule has 21 heavy (non-hydrogen) atoms. The fourth-order valence-corrected chi connectivity index (χ4v) is 1.58. The Labute approximate surface area is 121 Å². The van der Waals surface area contributed by atoms with Gasteiger partial charge in [0.1, 0.15) is 5.69 Å². The van der Waals surface area contributed by atoms with Crippen LogP contribution in [0.25, 0.3) is 0 Å². The van der Waals surface area contributed by atoms with Gasteiger partial charge in [0, 0.05) is 6.54 Å². The van der Waals surface area contributed by atoms with E-state index < -0.39 is 6.16 Å². The molecular weight excluding hydrogens is 272 g/mol. The summed E-state index contributed by atoms with van der Waals surface area (Å²) in [5, 5.41) is 2.75. The molecule has 0 aliphatic heterocycles. The van der Waals surface area contributed by atoms with Crippen LogP contribution < -0.4 is 10.1 Å². The van der Waals surface area contributed by atoms with E-state index in [0.717, 1.165) is 5.56 Å². The molecule has 0 fully saturated rings. The summed E-state index contributed by atoms with van der Waals surface area (Å²) in [6.45, 7) is 0.418. The van der Waals surface area contributed by atoms with Crippen LogP contribution in [0.15, 0.2) is 48.7 Å². The molecule has 0 bridgehead atoms. The van der Waals surface area contributed by atoms with Crippen LogP contribution in [0.2, 0.25) is 0 Å². The molecule has 0 radical (unpaired) electrons. The first-order chi connectivity index (χ1) is 10.2. The van der Waals surface area contributed by atoms with Gasteiger partial charge in [-0.15, -0.1) is 0 Å². The molecule has 1 N–H and O–H groups in total.